The van der Waals surface area contributed by atoms with E-state index in [2.05, 4.69) is 15.9 Å². The lowest BCUT2D eigenvalue weighted by atomic mass is 10.2. The zero-order valence-electron chi connectivity index (χ0n) is 9.12. The highest BCUT2D eigenvalue weighted by molar-refractivity contribution is 9.10. The van der Waals surface area contributed by atoms with Gasteiger partial charge in [0.2, 0.25) is 0 Å². The minimum absolute atomic E-state index is 0.0613. The zero-order valence-corrected chi connectivity index (χ0v) is 11.5. The number of aliphatic carboxylic acids is 1. The first kappa shape index (κ1) is 14.0. The molecule has 0 saturated carbocycles. The number of carbonyl (C=O) groups is 1. The molecule has 0 heterocycles. The van der Waals surface area contributed by atoms with E-state index < -0.39 is 16.5 Å². The summed E-state index contributed by atoms with van der Waals surface area (Å²) in [6.07, 6.45) is 0. The number of rotatable bonds is 3. The normalized spacial score (nSPS) is 11.0. The Balaban J connectivity index is 3.15. The summed E-state index contributed by atoms with van der Waals surface area (Å²) in [7, 11) is 0. The van der Waals surface area contributed by atoms with Gasteiger partial charge < -0.3 is 5.11 Å². The van der Waals surface area contributed by atoms with E-state index in [1.807, 2.05) is 6.07 Å². The van der Waals surface area contributed by atoms with Crippen molar-refractivity contribution in [3.05, 3.63) is 28.0 Å². The van der Waals surface area contributed by atoms with Gasteiger partial charge in [0.05, 0.1) is 10.0 Å². The van der Waals surface area contributed by atoms with Crippen molar-refractivity contribution in [1.82, 2.24) is 0 Å². The molecule has 1 rings (SSSR count). The van der Waals surface area contributed by atoms with Crippen LogP contribution in [0.2, 0.25) is 0 Å². The van der Waals surface area contributed by atoms with Gasteiger partial charge in [-0.15, -0.1) is 11.8 Å². The van der Waals surface area contributed by atoms with Gasteiger partial charge in [-0.25, -0.2) is 4.39 Å². The molecular formula is C11H9BrFNO2S. The van der Waals surface area contributed by atoms with E-state index in [-0.39, 0.29) is 14.9 Å². The second-order valence-corrected chi connectivity index (χ2v) is 6.23. The molecule has 0 aliphatic heterocycles. The fourth-order valence-corrected chi connectivity index (χ4v) is 2.55. The van der Waals surface area contributed by atoms with E-state index in [0.29, 0.717) is 0 Å². The van der Waals surface area contributed by atoms with Crippen LogP contribution >= 0.6 is 27.7 Å². The Morgan fingerprint density at radius 1 is 1.59 bits per heavy atom. The van der Waals surface area contributed by atoms with Crippen LogP contribution in [-0.2, 0) is 4.79 Å². The van der Waals surface area contributed by atoms with E-state index in [0.717, 1.165) is 11.8 Å². The number of hydrogen-bond acceptors (Lipinski definition) is 3. The van der Waals surface area contributed by atoms with E-state index in [1.165, 1.54) is 26.0 Å². The Hall–Kier alpha value is -1.06. The van der Waals surface area contributed by atoms with Crippen LogP contribution in [-0.4, -0.2) is 15.8 Å². The Morgan fingerprint density at radius 3 is 2.65 bits per heavy atom. The van der Waals surface area contributed by atoms with Gasteiger partial charge in [-0.1, -0.05) is 0 Å². The van der Waals surface area contributed by atoms with Gasteiger partial charge in [-0.3, -0.25) is 4.79 Å². The van der Waals surface area contributed by atoms with E-state index in [9.17, 15) is 9.18 Å². The number of carboxylic acids is 1. The predicted molar refractivity (Wildman–Crippen MR) is 66.4 cm³/mol. The molecule has 0 unspecified atom stereocenters. The molecule has 1 aromatic rings. The quantitative estimate of drug-likeness (QED) is 0.868. The number of nitriles is 1. The Morgan fingerprint density at radius 2 is 2.18 bits per heavy atom. The molecule has 0 spiro atoms. The molecule has 0 saturated heterocycles. The molecular weight excluding hydrogens is 309 g/mol. The van der Waals surface area contributed by atoms with Crippen molar-refractivity contribution in [2.75, 3.05) is 0 Å². The number of benzene rings is 1. The summed E-state index contributed by atoms with van der Waals surface area (Å²) in [5.41, 5.74) is 0.181. The Labute approximate surface area is 111 Å². The monoisotopic (exact) mass is 317 g/mol. The molecule has 0 fully saturated rings. The largest absolute Gasteiger partial charge is 0.480 e. The van der Waals surface area contributed by atoms with Crippen molar-refractivity contribution >= 4 is 33.7 Å². The maximum Gasteiger partial charge on any atom is 0.319 e. The molecule has 0 aliphatic carbocycles. The molecule has 0 aromatic heterocycles. The van der Waals surface area contributed by atoms with E-state index in [1.54, 1.807) is 0 Å². The number of hydrogen-bond donors (Lipinski definition) is 1. The van der Waals surface area contributed by atoms with Crippen molar-refractivity contribution in [2.24, 2.45) is 0 Å². The molecule has 0 amide bonds. The summed E-state index contributed by atoms with van der Waals surface area (Å²) in [5.74, 6) is -1.63. The predicted octanol–water partition coefficient (Wildman–Crippen LogP) is 3.42. The van der Waals surface area contributed by atoms with Crippen LogP contribution < -0.4 is 0 Å². The lowest BCUT2D eigenvalue weighted by Crippen LogP contribution is -2.27. The van der Waals surface area contributed by atoms with Crippen LogP contribution in [0.1, 0.15) is 19.4 Å². The number of halogens is 2. The summed E-state index contributed by atoms with van der Waals surface area (Å²) < 4.78 is 12.8. The fourth-order valence-electron chi connectivity index (χ4n) is 1.02. The van der Waals surface area contributed by atoms with Gasteiger partial charge >= 0.3 is 5.97 Å². The molecule has 17 heavy (non-hydrogen) atoms. The lowest BCUT2D eigenvalue weighted by Gasteiger charge is -2.19. The number of carboxylic acid groups (broad SMARTS) is 1. The maximum absolute atomic E-state index is 13.8. The molecule has 0 atom stereocenters. The van der Waals surface area contributed by atoms with Gasteiger partial charge in [0, 0.05) is 4.90 Å². The van der Waals surface area contributed by atoms with Crippen molar-refractivity contribution < 1.29 is 14.3 Å². The van der Waals surface area contributed by atoms with Crippen LogP contribution in [0.25, 0.3) is 0 Å². The minimum Gasteiger partial charge on any atom is -0.480 e. The standard InChI is InChI=1S/C11H9BrFNO2S/c1-11(2,10(15)16)17-7-4-3-6(5-14)8(12)9(7)13/h3-4H,1-2H3,(H,15,16). The molecule has 0 radical (unpaired) electrons. The van der Waals surface area contributed by atoms with Crippen molar-refractivity contribution in [1.29, 1.82) is 5.26 Å². The average molecular weight is 318 g/mol. The fraction of sp³-hybridized carbons (Fsp3) is 0.273. The third kappa shape index (κ3) is 2.99. The molecule has 0 bridgehead atoms. The Bertz CT molecular complexity index is 511. The molecule has 0 aliphatic rings. The highest BCUT2D eigenvalue weighted by atomic mass is 79.9. The van der Waals surface area contributed by atoms with Gasteiger partial charge in [-0.05, 0) is 41.9 Å². The van der Waals surface area contributed by atoms with Crippen molar-refractivity contribution in [2.45, 2.75) is 23.5 Å². The first-order valence-corrected chi connectivity index (χ1v) is 6.21. The summed E-state index contributed by atoms with van der Waals surface area (Å²) in [6, 6.07) is 4.70. The zero-order chi connectivity index (χ0) is 13.2. The van der Waals surface area contributed by atoms with Gasteiger partial charge in [-0.2, -0.15) is 5.26 Å². The summed E-state index contributed by atoms with van der Waals surface area (Å²) >= 11 is 3.88. The van der Waals surface area contributed by atoms with Crippen LogP contribution in [0.3, 0.4) is 0 Å². The molecule has 90 valence electrons. The highest BCUT2D eigenvalue weighted by Crippen LogP contribution is 2.37. The van der Waals surface area contributed by atoms with Gasteiger partial charge in [0.25, 0.3) is 0 Å². The second-order valence-electron chi connectivity index (χ2n) is 3.77. The third-order valence-corrected chi connectivity index (χ3v) is 4.04. The number of nitrogens with zero attached hydrogens (tertiary/aromatic N) is 1. The second kappa shape index (κ2) is 5.07. The van der Waals surface area contributed by atoms with Gasteiger partial charge in [0.1, 0.15) is 10.8 Å². The topological polar surface area (TPSA) is 61.1 Å². The summed E-state index contributed by atoms with van der Waals surface area (Å²) in [6.45, 7) is 2.98. The van der Waals surface area contributed by atoms with Crippen molar-refractivity contribution in [3.63, 3.8) is 0 Å². The molecule has 1 aromatic carbocycles. The summed E-state index contributed by atoms with van der Waals surface area (Å²) in [4.78, 5) is 11.1. The third-order valence-electron chi connectivity index (χ3n) is 2.05. The minimum atomic E-state index is -1.13. The van der Waals surface area contributed by atoms with Crippen LogP contribution in [0.5, 0.6) is 0 Å². The molecule has 1 N–H and O–H groups in total. The molecule has 3 nitrogen and oxygen atoms in total. The first-order valence-electron chi connectivity index (χ1n) is 4.60. The maximum atomic E-state index is 13.8. The van der Waals surface area contributed by atoms with E-state index in [4.69, 9.17) is 10.4 Å². The van der Waals surface area contributed by atoms with Crippen LogP contribution in [0.4, 0.5) is 4.39 Å². The van der Waals surface area contributed by atoms with Gasteiger partial charge in [0.15, 0.2) is 5.82 Å². The summed E-state index contributed by atoms with van der Waals surface area (Å²) in [5, 5.41) is 17.7. The SMILES string of the molecule is CC(C)(Sc1ccc(C#N)c(Br)c1F)C(=O)O. The number of thioether (sulfide) groups is 1. The van der Waals surface area contributed by atoms with E-state index >= 15 is 0 Å². The smallest absolute Gasteiger partial charge is 0.319 e. The molecule has 6 heteroatoms. The van der Waals surface area contributed by atoms with Crippen molar-refractivity contribution in [3.8, 4) is 6.07 Å². The Kier molecular flexibility index (Phi) is 4.17. The van der Waals surface area contributed by atoms with Crippen LogP contribution in [0, 0.1) is 17.1 Å². The highest BCUT2D eigenvalue weighted by Gasteiger charge is 2.30. The lowest BCUT2D eigenvalue weighted by molar-refractivity contribution is -0.138. The van der Waals surface area contributed by atoms with Crippen LogP contribution in [0.15, 0.2) is 21.5 Å². The average Bonchev–Trinajstić information content (AvgIpc) is 2.25. The first-order chi connectivity index (χ1) is 7.79.